The van der Waals surface area contributed by atoms with Gasteiger partial charge in [0.1, 0.15) is 6.54 Å². The summed E-state index contributed by atoms with van der Waals surface area (Å²) in [5.41, 5.74) is 0.659. The van der Waals surface area contributed by atoms with E-state index in [4.69, 9.17) is 11.6 Å². The molecule has 2 amide bonds. The first-order valence-electron chi connectivity index (χ1n) is 5.28. The smallest absolute Gasteiger partial charge is 0.244 e. The van der Waals surface area contributed by atoms with Crippen molar-refractivity contribution in [3.63, 3.8) is 0 Å². The van der Waals surface area contributed by atoms with Crippen LogP contribution < -0.4 is 5.32 Å². The van der Waals surface area contributed by atoms with E-state index in [1.165, 1.54) is 16.7 Å². The van der Waals surface area contributed by atoms with E-state index in [0.717, 1.165) is 0 Å². The minimum absolute atomic E-state index is 0.0263. The van der Waals surface area contributed by atoms with Crippen LogP contribution >= 0.6 is 23.4 Å². The number of carbonyl (C=O) groups is 2. The molecule has 0 fully saturated rings. The van der Waals surface area contributed by atoms with E-state index in [2.05, 4.69) is 5.32 Å². The van der Waals surface area contributed by atoms with Gasteiger partial charge in [0.15, 0.2) is 0 Å². The SMILES string of the molecule is O=C(CN1C=CSCC1=O)Nc1ccc(Cl)cc1. The second-order valence-corrected chi connectivity index (χ2v) is 5.00. The molecule has 0 saturated carbocycles. The number of nitrogens with one attached hydrogen (secondary N) is 1. The highest BCUT2D eigenvalue weighted by molar-refractivity contribution is 8.02. The molecule has 2 rings (SSSR count). The number of hydrogen-bond acceptors (Lipinski definition) is 3. The summed E-state index contributed by atoms with van der Waals surface area (Å²) in [6.45, 7) is 0.0263. The first kappa shape index (κ1) is 13.0. The molecule has 0 radical (unpaired) electrons. The number of hydrogen-bond donors (Lipinski definition) is 1. The van der Waals surface area contributed by atoms with Crippen molar-refractivity contribution in [1.82, 2.24) is 4.90 Å². The van der Waals surface area contributed by atoms with Gasteiger partial charge in [-0.1, -0.05) is 11.6 Å². The number of amides is 2. The van der Waals surface area contributed by atoms with Crippen molar-refractivity contribution in [3.05, 3.63) is 40.9 Å². The molecule has 0 bridgehead atoms. The van der Waals surface area contributed by atoms with Gasteiger partial charge in [0.2, 0.25) is 11.8 Å². The molecule has 0 saturated heterocycles. The molecule has 0 spiro atoms. The Labute approximate surface area is 114 Å². The number of thioether (sulfide) groups is 1. The van der Waals surface area contributed by atoms with Crippen LogP contribution in [-0.2, 0) is 9.59 Å². The Morgan fingerprint density at radius 2 is 2.11 bits per heavy atom. The molecule has 0 aliphatic carbocycles. The van der Waals surface area contributed by atoms with E-state index < -0.39 is 0 Å². The van der Waals surface area contributed by atoms with Gasteiger partial charge in [0.05, 0.1) is 5.75 Å². The molecular formula is C12H11ClN2O2S. The molecule has 4 nitrogen and oxygen atoms in total. The van der Waals surface area contributed by atoms with Gasteiger partial charge in [0.25, 0.3) is 0 Å². The van der Waals surface area contributed by atoms with Crippen molar-refractivity contribution in [2.24, 2.45) is 0 Å². The van der Waals surface area contributed by atoms with Crippen LogP contribution in [-0.4, -0.2) is 29.0 Å². The molecule has 0 atom stereocenters. The van der Waals surface area contributed by atoms with Crippen molar-refractivity contribution >= 4 is 40.9 Å². The quantitative estimate of drug-likeness (QED) is 0.926. The Bertz CT molecular complexity index is 487. The Balaban J connectivity index is 1.92. The van der Waals surface area contributed by atoms with Crippen molar-refractivity contribution in [1.29, 1.82) is 0 Å². The van der Waals surface area contributed by atoms with E-state index in [1.807, 2.05) is 0 Å². The summed E-state index contributed by atoms with van der Waals surface area (Å²) in [6, 6.07) is 6.81. The first-order chi connectivity index (χ1) is 8.65. The van der Waals surface area contributed by atoms with Crippen molar-refractivity contribution in [2.75, 3.05) is 17.6 Å². The monoisotopic (exact) mass is 282 g/mol. The predicted octanol–water partition coefficient (Wildman–Crippen LogP) is 2.33. The highest BCUT2D eigenvalue weighted by Gasteiger charge is 2.17. The van der Waals surface area contributed by atoms with Gasteiger partial charge in [0, 0.05) is 16.9 Å². The standard InChI is InChI=1S/C12H11ClN2O2S/c13-9-1-3-10(4-2-9)14-11(16)7-15-5-6-18-8-12(15)17/h1-6H,7-8H2,(H,14,16). The highest BCUT2D eigenvalue weighted by Crippen LogP contribution is 2.14. The largest absolute Gasteiger partial charge is 0.325 e. The average molecular weight is 283 g/mol. The second kappa shape index (κ2) is 5.93. The van der Waals surface area contributed by atoms with Gasteiger partial charge in [-0.2, -0.15) is 0 Å². The maximum atomic E-state index is 11.7. The van der Waals surface area contributed by atoms with Gasteiger partial charge in [-0.15, -0.1) is 11.8 Å². The van der Waals surface area contributed by atoms with Gasteiger partial charge >= 0.3 is 0 Å². The summed E-state index contributed by atoms with van der Waals surface area (Å²) in [6.07, 6.45) is 1.62. The number of anilines is 1. The van der Waals surface area contributed by atoms with Crippen LogP contribution in [0.3, 0.4) is 0 Å². The molecule has 94 valence electrons. The number of nitrogens with zero attached hydrogens (tertiary/aromatic N) is 1. The lowest BCUT2D eigenvalue weighted by Gasteiger charge is -2.20. The summed E-state index contributed by atoms with van der Waals surface area (Å²) >= 11 is 7.17. The zero-order valence-corrected chi connectivity index (χ0v) is 11.0. The summed E-state index contributed by atoms with van der Waals surface area (Å²) in [5.74, 6) is 0.0843. The molecule has 1 aromatic carbocycles. The molecule has 1 aromatic rings. The average Bonchev–Trinajstić information content (AvgIpc) is 2.35. The first-order valence-corrected chi connectivity index (χ1v) is 6.71. The van der Waals surface area contributed by atoms with Gasteiger partial charge < -0.3 is 10.2 Å². The Hall–Kier alpha value is -1.46. The minimum Gasteiger partial charge on any atom is -0.325 e. The van der Waals surface area contributed by atoms with Crippen LogP contribution in [0, 0.1) is 0 Å². The Morgan fingerprint density at radius 3 is 2.78 bits per heavy atom. The zero-order valence-electron chi connectivity index (χ0n) is 9.43. The molecule has 0 aromatic heterocycles. The van der Waals surface area contributed by atoms with Gasteiger partial charge in [-0.05, 0) is 29.7 Å². The predicted molar refractivity (Wildman–Crippen MR) is 73.4 cm³/mol. The lowest BCUT2D eigenvalue weighted by atomic mass is 10.3. The van der Waals surface area contributed by atoms with Crippen LogP contribution in [0.5, 0.6) is 0 Å². The number of halogens is 1. The van der Waals surface area contributed by atoms with E-state index >= 15 is 0 Å². The van der Waals surface area contributed by atoms with Crippen LogP contribution in [0.15, 0.2) is 35.9 Å². The van der Waals surface area contributed by atoms with Crippen LogP contribution in [0.4, 0.5) is 5.69 Å². The minimum atomic E-state index is -0.234. The molecule has 0 unspecified atom stereocenters. The summed E-state index contributed by atoms with van der Waals surface area (Å²) in [5, 5.41) is 5.12. The fourth-order valence-electron chi connectivity index (χ4n) is 1.43. The van der Waals surface area contributed by atoms with Crippen molar-refractivity contribution in [2.45, 2.75) is 0 Å². The summed E-state index contributed by atoms with van der Waals surface area (Å²) in [4.78, 5) is 24.6. The molecule has 18 heavy (non-hydrogen) atoms. The fourth-order valence-corrected chi connectivity index (χ4v) is 2.19. The topological polar surface area (TPSA) is 49.4 Å². The maximum Gasteiger partial charge on any atom is 0.244 e. The normalized spacial score (nSPS) is 14.7. The van der Waals surface area contributed by atoms with Crippen LogP contribution in [0.1, 0.15) is 0 Å². The third-order valence-electron chi connectivity index (χ3n) is 2.31. The molecular weight excluding hydrogens is 272 g/mol. The second-order valence-electron chi connectivity index (χ2n) is 3.67. The van der Waals surface area contributed by atoms with E-state index in [1.54, 1.807) is 35.9 Å². The fraction of sp³-hybridized carbons (Fsp3) is 0.167. The summed E-state index contributed by atoms with van der Waals surface area (Å²) < 4.78 is 0. The molecule has 1 aliphatic rings. The number of benzene rings is 1. The molecule has 1 heterocycles. The van der Waals surface area contributed by atoms with E-state index in [9.17, 15) is 9.59 Å². The Morgan fingerprint density at radius 1 is 1.39 bits per heavy atom. The number of rotatable bonds is 3. The molecule has 6 heteroatoms. The third kappa shape index (κ3) is 3.51. The van der Waals surface area contributed by atoms with E-state index in [-0.39, 0.29) is 18.4 Å². The van der Waals surface area contributed by atoms with Gasteiger partial charge in [-0.3, -0.25) is 9.59 Å². The lowest BCUT2D eigenvalue weighted by Crippen LogP contribution is -2.36. The lowest BCUT2D eigenvalue weighted by molar-refractivity contribution is -0.129. The van der Waals surface area contributed by atoms with Crippen molar-refractivity contribution < 1.29 is 9.59 Å². The molecule has 1 N–H and O–H groups in total. The highest BCUT2D eigenvalue weighted by atomic mass is 35.5. The van der Waals surface area contributed by atoms with E-state index in [0.29, 0.717) is 16.5 Å². The Kier molecular flexibility index (Phi) is 4.28. The molecule has 1 aliphatic heterocycles. The van der Waals surface area contributed by atoms with Crippen LogP contribution in [0.2, 0.25) is 5.02 Å². The maximum absolute atomic E-state index is 11.7. The number of carbonyl (C=O) groups excluding carboxylic acids is 2. The third-order valence-corrected chi connectivity index (χ3v) is 3.29. The zero-order chi connectivity index (χ0) is 13.0. The summed E-state index contributed by atoms with van der Waals surface area (Å²) in [7, 11) is 0. The van der Waals surface area contributed by atoms with Crippen molar-refractivity contribution in [3.8, 4) is 0 Å². The van der Waals surface area contributed by atoms with Crippen LogP contribution in [0.25, 0.3) is 0 Å². The van der Waals surface area contributed by atoms with Gasteiger partial charge in [-0.25, -0.2) is 0 Å².